The van der Waals surface area contributed by atoms with Crippen molar-refractivity contribution in [2.24, 2.45) is 5.92 Å². The molecule has 1 aliphatic rings. The van der Waals surface area contributed by atoms with Gasteiger partial charge in [-0.05, 0) is 34.8 Å². The molecule has 0 spiro atoms. The molecule has 1 heterocycles. The zero-order valence-electron chi connectivity index (χ0n) is 7.96. The lowest BCUT2D eigenvalue weighted by Crippen LogP contribution is -2.17. The quantitative estimate of drug-likeness (QED) is 0.754. The van der Waals surface area contributed by atoms with Crippen molar-refractivity contribution in [1.82, 2.24) is 0 Å². The summed E-state index contributed by atoms with van der Waals surface area (Å²) in [6.07, 6.45) is 7.28. The lowest BCUT2D eigenvalue weighted by atomic mass is 9.84. The van der Waals surface area contributed by atoms with Crippen molar-refractivity contribution >= 4 is 21.7 Å². The Morgan fingerprint density at radius 3 is 2.64 bits per heavy atom. The minimum absolute atomic E-state index is 0.220. The molecule has 1 saturated carbocycles. The second kappa shape index (κ2) is 4.30. The van der Waals surface area contributed by atoms with Crippen molar-refractivity contribution in [1.29, 1.82) is 0 Å². The second-order valence-electron chi connectivity index (χ2n) is 3.81. The molecule has 0 atom stereocenters. The van der Waals surface area contributed by atoms with Crippen LogP contribution in [0, 0.1) is 5.92 Å². The molecule has 0 saturated heterocycles. The number of rotatable bonds is 2. The molecule has 0 radical (unpaired) electrons. The number of hydrogen-bond acceptors (Lipinski definition) is 2. The summed E-state index contributed by atoms with van der Waals surface area (Å²) in [6, 6.07) is 1.75. The van der Waals surface area contributed by atoms with Crippen LogP contribution in [0.25, 0.3) is 0 Å². The predicted octanol–water partition coefficient (Wildman–Crippen LogP) is 3.81. The maximum Gasteiger partial charge on any atom is 0.179 e. The minimum Gasteiger partial charge on any atom is -0.457 e. The first kappa shape index (κ1) is 9.97. The molecule has 0 aliphatic heterocycles. The Morgan fingerprint density at radius 2 is 2.07 bits per heavy atom. The molecule has 76 valence electrons. The average molecular weight is 257 g/mol. The highest BCUT2D eigenvalue weighted by molar-refractivity contribution is 9.10. The summed E-state index contributed by atoms with van der Waals surface area (Å²) in [6.45, 7) is 0. The van der Waals surface area contributed by atoms with Crippen molar-refractivity contribution in [3.63, 3.8) is 0 Å². The summed E-state index contributed by atoms with van der Waals surface area (Å²) in [5, 5.41) is 0. The van der Waals surface area contributed by atoms with E-state index in [-0.39, 0.29) is 11.7 Å². The van der Waals surface area contributed by atoms with Gasteiger partial charge in [0.25, 0.3) is 0 Å². The normalized spacial score (nSPS) is 18.4. The number of halogens is 1. The van der Waals surface area contributed by atoms with Gasteiger partial charge in [-0.1, -0.05) is 19.3 Å². The molecular formula is C11H13BrO2. The summed E-state index contributed by atoms with van der Waals surface area (Å²) in [4.78, 5) is 12.0. The summed E-state index contributed by atoms with van der Waals surface area (Å²) in [5.41, 5.74) is 0.705. The molecule has 0 bridgehead atoms. The smallest absolute Gasteiger partial charge is 0.179 e. The van der Waals surface area contributed by atoms with Crippen molar-refractivity contribution in [2.75, 3.05) is 0 Å². The van der Waals surface area contributed by atoms with E-state index in [1.807, 2.05) is 0 Å². The van der Waals surface area contributed by atoms with Gasteiger partial charge in [0.1, 0.15) is 0 Å². The van der Waals surface area contributed by atoms with Gasteiger partial charge >= 0.3 is 0 Å². The van der Waals surface area contributed by atoms with Gasteiger partial charge in [0.05, 0.1) is 11.8 Å². The Kier molecular flexibility index (Phi) is 3.06. The van der Waals surface area contributed by atoms with Crippen LogP contribution in [0.15, 0.2) is 21.4 Å². The van der Waals surface area contributed by atoms with Gasteiger partial charge in [-0.3, -0.25) is 4.79 Å². The van der Waals surface area contributed by atoms with Crippen LogP contribution in [0.1, 0.15) is 42.5 Å². The van der Waals surface area contributed by atoms with Crippen LogP contribution < -0.4 is 0 Å². The van der Waals surface area contributed by atoms with Crippen molar-refractivity contribution < 1.29 is 9.21 Å². The highest BCUT2D eigenvalue weighted by Gasteiger charge is 2.24. The standard InChI is InChI=1S/C11H13BrO2/c12-11-9(6-7-14-11)10(13)8-4-2-1-3-5-8/h6-8H,1-5H2. The van der Waals surface area contributed by atoms with Crippen LogP contribution in [0.2, 0.25) is 0 Å². The first-order chi connectivity index (χ1) is 6.79. The summed E-state index contributed by atoms with van der Waals surface area (Å²) < 4.78 is 5.65. The Hall–Kier alpha value is -0.570. The molecule has 14 heavy (non-hydrogen) atoms. The van der Waals surface area contributed by atoms with Gasteiger partial charge in [-0.15, -0.1) is 0 Å². The Balaban J connectivity index is 2.11. The largest absolute Gasteiger partial charge is 0.457 e. The molecule has 1 fully saturated rings. The van der Waals surface area contributed by atoms with E-state index in [1.165, 1.54) is 19.3 Å². The molecule has 2 nitrogen and oxygen atoms in total. The van der Waals surface area contributed by atoms with E-state index in [1.54, 1.807) is 12.3 Å². The maximum absolute atomic E-state index is 12.0. The molecule has 0 amide bonds. The monoisotopic (exact) mass is 256 g/mol. The molecule has 1 aromatic rings. The maximum atomic E-state index is 12.0. The zero-order chi connectivity index (χ0) is 9.97. The fraction of sp³-hybridized carbons (Fsp3) is 0.545. The van der Waals surface area contributed by atoms with Crippen molar-refractivity contribution in [3.05, 3.63) is 22.6 Å². The molecule has 3 heteroatoms. The predicted molar refractivity (Wildman–Crippen MR) is 57.3 cm³/mol. The van der Waals surface area contributed by atoms with Gasteiger partial charge < -0.3 is 4.42 Å². The number of Topliss-reactive ketones (excluding diaryl/α,β-unsaturated/α-hetero) is 1. The van der Waals surface area contributed by atoms with Gasteiger partial charge in [0.2, 0.25) is 0 Å². The van der Waals surface area contributed by atoms with Crippen LogP contribution in [-0.2, 0) is 0 Å². The van der Waals surface area contributed by atoms with E-state index < -0.39 is 0 Å². The summed E-state index contributed by atoms with van der Waals surface area (Å²) >= 11 is 3.25. The number of ketones is 1. The van der Waals surface area contributed by atoms with Gasteiger partial charge in [-0.2, -0.15) is 0 Å². The number of carbonyl (C=O) groups is 1. The second-order valence-corrected chi connectivity index (χ2v) is 4.53. The van der Waals surface area contributed by atoms with E-state index in [2.05, 4.69) is 15.9 Å². The van der Waals surface area contributed by atoms with Crippen molar-refractivity contribution in [3.8, 4) is 0 Å². The van der Waals surface area contributed by atoms with E-state index in [0.717, 1.165) is 12.8 Å². The van der Waals surface area contributed by atoms with Gasteiger partial charge in [-0.25, -0.2) is 0 Å². The molecule has 1 aromatic heterocycles. The fourth-order valence-corrected chi connectivity index (χ4v) is 2.49. The highest BCUT2D eigenvalue weighted by atomic mass is 79.9. The summed E-state index contributed by atoms with van der Waals surface area (Å²) in [5.74, 6) is 0.461. The Bertz CT molecular complexity index is 324. The average Bonchev–Trinajstić information content (AvgIpc) is 2.65. The van der Waals surface area contributed by atoms with E-state index in [4.69, 9.17) is 4.42 Å². The van der Waals surface area contributed by atoms with Crippen LogP contribution in [0.4, 0.5) is 0 Å². The Labute approximate surface area is 91.8 Å². The third-order valence-corrected chi connectivity index (χ3v) is 3.47. The van der Waals surface area contributed by atoms with E-state index >= 15 is 0 Å². The van der Waals surface area contributed by atoms with Crippen LogP contribution in [0.5, 0.6) is 0 Å². The van der Waals surface area contributed by atoms with Gasteiger partial charge in [0, 0.05) is 5.92 Å². The first-order valence-corrected chi connectivity index (χ1v) is 5.85. The van der Waals surface area contributed by atoms with E-state index in [0.29, 0.717) is 10.2 Å². The molecule has 1 aliphatic carbocycles. The number of carbonyl (C=O) groups excluding carboxylic acids is 1. The zero-order valence-corrected chi connectivity index (χ0v) is 9.55. The first-order valence-electron chi connectivity index (χ1n) is 5.06. The van der Waals surface area contributed by atoms with Crippen LogP contribution in [-0.4, -0.2) is 5.78 Å². The SMILES string of the molecule is O=C(c1ccoc1Br)C1CCCCC1. The lowest BCUT2D eigenvalue weighted by molar-refractivity contribution is 0.0888. The molecular weight excluding hydrogens is 244 g/mol. The minimum atomic E-state index is 0.220. The highest BCUT2D eigenvalue weighted by Crippen LogP contribution is 2.29. The third kappa shape index (κ3) is 1.92. The van der Waals surface area contributed by atoms with E-state index in [9.17, 15) is 4.79 Å². The van der Waals surface area contributed by atoms with Crippen molar-refractivity contribution in [2.45, 2.75) is 32.1 Å². The molecule has 0 N–H and O–H groups in total. The fourth-order valence-electron chi connectivity index (χ4n) is 2.05. The molecule has 0 unspecified atom stereocenters. The summed E-state index contributed by atoms with van der Waals surface area (Å²) in [7, 11) is 0. The van der Waals surface area contributed by atoms with Crippen LogP contribution >= 0.6 is 15.9 Å². The topological polar surface area (TPSA) is 30.2 Å². The lowest BCUT2D eigenvalue weighted by Gasteiger charge is -2.19. The van der Waals surface area contributed by atoms with Gasteiger partial charge in [0.15, 0.2) is 10.5 Å². The molecule has 0 aromatic carbocycles. The third-order valence-electron chi connectivity index (χ3n) is 2.86. The number of furan rings is 1. The molecule has 2 rings (SSSR count). The van der Waals surface area contributed by atoms with Crippen LogP contribution in [0.3, 0.4) is 0 Å². The Morgan fingerprint density at radius 1 is 1.36 bits per heavy atom. The number of hydrogen-bond donors (Lipinski definition) is 0.